The number of aryl methyl sites for hydroxylation is 2. The van der Waals surface area contributed by atoms with Gasteiger partial charge in [0.05, 0.1) is 18.4 Å². The molecule has 0 atom stereocenters. The summed E-state index contributed by atoms with van der Waals surface area (Å²) in [5, 5.41) is 3.92. The third-order valence-corrected chi connectivity index (χ3v) is 5.63. The first-order valence-corrected chi connectivity index (χ1v) is 10.6. The van der Waals surface area contributed by atoms with E-state index in [1.54, 1.807) is 26.0 Å². The van der Waals surface area contributed by atoms with E-state index in [0.29, 0.717) is 5.56 Å². The molecule has 0 unspecified atom stereocenters. The maximum Gasteiger partial charge on any atom is 0.362 e. The number of carbonyl (C=O) groups is 1. The summed E-state index contributed by atoms with van der Waals surface area (Å²) in [6.45, 7) is 4.95. The smallest absolute Gasteiger partial charge is 0.362 e. The molecule has 0 fully saturated rings. The lowest BCUT2D eigenvalue weighted by atomic mass is 10.2. The molecule has 10 heteroatoms. The third kappa shape index (κ3) is 4.80. The summed E-state index contributed by atoms with van der Waals surface area (Å²) in [6.07, 6.45) is 0. The molecular formula is C21H19FN2O6S. The summed E-state index contributed by atoms with van der Waals surface area (Å²) < 4.78 is 49.7. The molecule has 0 radical (unpaired) electrons. The van der Waals surface area contributed by atoms with Gasteiger partial charge >= 0.3 is 16.1 Å². The van der Waals surface area contributed by atoms with E-state index in [4.69, 9.17) is 8.92 Å². The molecule has 0 aliphatic heterocycles. The van der Waals surface area contributed by atoms with Crippen LogP contribution in [0.25, 0.3) is 5.69 Å². The van der Waals surface area contributed by atoms with E-state index in [2.05, 4.69) is 5.10 Å². The van der Waals surface area contributed by atoms with Crippen molar-refractivity contribution in [2.45, 2.75) is 25.7 Å². The predicted octanol–water partition coefficient (Wildman–Crippen LogP) is 2.93. The van der Waals surface area contributed by atoms with Crippen LogP contribution in [0.5, 0.6) is 5.75 Å². The minimum atomic E-state index is -4.38. The van der Waals surface area contributed by atoms with Crippen LogP contribution in [-0.4, -0.2) is 30.8 Å². The summed E-state index contributed by atoms with van der Waals surface area (Å²) in [7, 11) is -4.38. The third-order valence-electron chi connectivity index (χ3n) is 4.24. The molecule has 31 heavy (non-hydrogen) atoms. The molecule has 0 amide bonds. The fraction of sp³-hybridized carbons (Fsp3) is 0.190. The van der Waals surface area contributed by atoms with Crippen LogP contribution in [0.4, 0.5) is 4.39 Å². The zero-order chi connectivity index (χ0) is 22.8. The van der Waals surface area contributed by atoms with Gasteiger partial charge in [-0.15, -0.1) is 0 Å². The molecule has 3 aromatic rings. The maximum absolute atomic E-state index is 13.2. The first kappa shape index (κ1) is 22.2. The van der Waals surface area contributed by atoms with Crippen molar-refractivity contribution in [2.75, 3.05) is 6.61 Å². The van der Waals surface area contributed by atoms with Crippen molar-refractivity contribution in [1.82, 2.24) is 9.78 Å². The van der Waals surface area contributed by atoms with Crippen LogP contribution < -0.4 is 9.74 Å². The lowest BCUT2D eigenvalue weighted by Gasteiger charge is -2.13. The molecule has 0 bridgehead atoms. The average molecular weight is 446 g/mol. The minimum absolute atomic E-state index is 0.0144. The fourth-order valence-corrected chi connectivity index (χ4v) is 4.00. The molecule has 2 aromatic carbocycles. The molecule has 0 N–H and O–H groups in total. The fourth-order valence-electron chi connectivity index (χ4n) is 2.85. The van der Waals surface area contributed by atoms with E-state index in [1.807, 2.05) is 6.92 Å². The van der Waals surface area contributed by atoms with Gasteiger partial charge in [-0.05, 0) is 56.7 Å². The summed E-state index contributed by atoms with van der Waals surface area (Å²) in [6, 6.07) is 10.2. The summed E-state index contributed by atoms with van der Waals surface area (Å²) >= 11 is 0. The lowest BCUT2D eigenvalue weighted by Crippen LogP contribution is -2.26. The Balaban J connectivity index is 2.12. The Hall–Kier alpha value is -3.53. The molecule has 162 valence electrons. The molecular weight excluding hydrogens is 427 g/mol. The van der Waals surface area contributed by atoms with Crippen LogP contribution in [0.1, 0.15) is 28.5 Å². The summed E-state index contributed by atoms with van der Waals surface area (Å²) in [4.78, 5) is 24.9. The Kier molecular flexibility index (Phi) is 6.21. The second-order valence-electron chi connectivity index (χ2n) is 6.61. The van der Waals surface area contributed by atoms with Crippen LogP contribution in [0, 0.1) is 19.7 Å². The zero-order valence-electron chi connectivity index (χ0n) is 17.0. The first-order valence-electron chi connectivity index (χ1n) is 9.21. The number of halogens is 1. The highest BCUT2D eigenvalue weighted by Crippen LogP contribution is 2.24. The second kappa shape index (κ2) is 8.68. The van der Waals surface area contributed by atoms with Crippen molar-refractivity contribution in [3.05, 3.63) is 81.5 Å². The van der Waals surface area contributed by atoms with Gasteiger partial charge in [-0.3, -0.25) is 4.79 Å². The number of benzene rings is 2. The number of carbonyl (C=O) groups excluding carboxylic acids is 1. The van der Waals surface area contributed by atoms with E-state index in [0.717, 1.165) is 28.4 Å². The van der Waals surface area contributed by atoms with Crippen molar-refractivity contribution in [2.24, 2.45) is 0 Å². The molecule has 0 saturated heterocycles. The Labute approximate surface area is 178 Å². The molecule has 0 spiro atoms. The van der Waals surface area contributed by atoms with Gasteiger partial charge in [-0.25, -0.2) is 9.18 Å². The van der Waals surface area contributed by atoms with Crippen molar-refractivity contribution in [1.29, 1.82) is 0 Å². The van der Waals surface area contributed by atoms with Gasteiger partial charge in [0.25, 0.3) is 5.56 Å². The van der Waals surface area contributed by atoms with Gasteiger partial charge < -0.3 is 8.92 Å². The minimum Gasteiger partial charge on any atom is -0.461 e. The number of rotatable bonds is 6. The topological polar surface area (TPSA) is 105 Å². The second-order valence-corrected chi connectivity index (χ2v) is 8.13. The van der Waals surface area contributed by atoms with Crippen LogP contribution in [0.15, 0.2) is 58.2 Å². The van der Waals surface area contributed by atoms with Crippen LogP contribution in [-0.2, 0) is 14.9 Å². The van der Waals surface area contributed by atoms with Crippen molar-refractivity contribution < 1.29 is 26.5 Å². The molecule has 3 rings (SSSR count). The van der Waals surface area contributed by atoms with E-state index in [9.17, 15) is 22.4 Å². The van der Waals surface area contributed by atoms with Gasteiger partial charge in [0.1, 0.15) is 10.7 Å². The van der Waals surface area contributed by atoms with Crippen molar-refractivity contribution in [3.63, 3.8) is 0 Å². The van der Waals surface area contributed by atoms with E-state index >= 15 is 0 Å². The Bertz CT molecular complexity index is 1300. The molecule has 8 nitrogen and oxygen atoms in total. The predicted molar refractivity (Wildman–Crippen MR) is 109 cm³/mol. The molecule has 0 aliphatic carbocycles. The van der Waals surface area contributed by atoms with Gasteiger partial charge in [-0.2, -0.15) is 18.2 Å². The highest BCUT2D eigenvalue weighted by Gasteiger charge is 2.26. The SMILES string of the molecule is CCOC(=O)c1nn(-c2ccc(F)cc2)c(=O)cc1OS(=O)(=O)c1ccc(C)cc1C. The number of aromatic nitrogens is 2. The number of hydrogen-bond acceptors (Lipinski definition) is 7. The van der Waals surface area contributed by atoms with Crippen molar-refractivity contribution in [3.8, 4) is 11.4 Å². The molecule has 0 aliphatic rings. The number of nitrogens with zero attached hydrogens (tertiary/aromatic N) is 2. The Morgan fingerprint density at radius 3 is 2.39 bits per heavy atom. The highest BCUT2D eigenvalue weighted by molar-refractivity contribution is 7.87. The van der Waals surface area contributed by atoms with Gasteiger partial charge in [0.2, 0.25) is 5.69 Å². The molecule has 1 heterocycles. The van der Waals surface area contributed by atoms with Crippen LogP contribution in [0.2, 0.25) is 0 Å². The monoisotopic (exact) mass is 446 g/mol. The van der Waals surface area contributed by atoms with E-state index < -0.39 is 38.9 Å². The average Bonchev–Trinajstić information content (AvgIpc) is 2.68. The number of hydrogen-bond donors (Lipinski definition) is 0. The summed E-state index contributed by atoms with van der Waals surface area (Å²) in [5.74, 6) is -2.08. The Morgan fingerprint density at radius 1 is 1.10 bits per heavy atom. The van der Waals surface area contributed by atoms with E-state index in [-0.39, 0.29) is 17.2 Å². The Morgan fingerprint density at radius 2 is 1.77 bits per heavy atom. The van der Waals surface area contributed by atoms with Crippen LogP contribution >= 0.6 is 0 Å². The standard InChI is InChI=1S/C21H19FN2O6S/c1-4-29-21(26)20-17(30-31(27,28)18-10-5-13(2)11-14(18)3)12-19(25)24(23-20)16-8-6-15(22)7-9-16/h5-12H,4H2,1-3H3. The zero-order valence-corrected chi connectivity index (χ0v) is 17.8. The van der Waals surface area contributed by atoms with Gasteiger partial charge in [0.15, 0.2) is 5.75 Å². The maximum atomic E-state index is 13.2. The van der Waals surface area contributed by atoms with Crippen molar-refractivity contribution >= 4 is 16.1 Å². The van der Waals surface area contributed by atoms with Gasteiger partial charge in [0, 0.05) is 0 Å². The molecule has 0 saturated carbocycles. The largest absolute Gasteiger partial charge is 0.461 e. The lowest BCUT2D eigenvalue weighted by molar-refractivity contribution is 0.0515. The van der Waals surface area contributed by atoms with Gasteiger partial charge in [-0.1, -0.05) is 17.7 Å². The highest BCUT2D eigenvalue weighted by atomic mass is 32.2. The normalized spacial score (nSPS) is 11.2. The summed E-state index contributed by atoms with van der Waals surface area (Å²) in [5.41, 5.74) is 0.155. The van der Waals surface area contributed by atoms with E-state index in [1.165, 1.54) is 18.2 Å². The van der Waals surface area contributed by atoms with Crippen LogP contribution in [0.3, 0.4) is 0 Å². The quantitative estimate of drug-likeness (QED) is 0.423. The first-order chi connectivity index (χ1) is 14.6. The number of esters is 1. The molecule has 1 aromatic heterocycles. The number of ether oxygens (including phenoxy) is 1.